The Balaban J connectivity index is 1.35. The molecule has 0 amide bonds. The zero-order valence-electron chi connectivity index (χ0n) is 15.9. The molecular weight excluding hydrogens is 448 g/mol. The van der Waals surface area contributed by atoms with E-state index < -0.39 is 0 Å². The van der Waals surface area contributed by atoms with Gasteiger partial charge >= 0.3 is 0 Å². The quantitative estimate of drug-likeness (QED) is 0.289. The van der Waals surface area contributed by atoms with Crippen molar-refractivity contribution < 1.29 is 4.74 Å². The summed E-state index contributed by atoms with van der Waals surface area (Å²) in [5.74, 6) is 0.891. The molecule has 0 aliphatic rings. The standard InChI is InChI=1S/C24H22BrClN2O/c25-20-7-10-24(29-16-17-5-8-21(26)9-6-17)19(13-20)14-27-12-11-18-15-28-23-4-2-1-3-22(18)23/h1-10,13,15,27-28H,11-12,14,16H2. The van der Waals surface area contributed by atoms with Gasteiger partial charge in [0.05, 0.1) is 0 Å². The van der Waals surface area contributed by atoms with Crippen LogP contribution in [-0.2, 0) is 19.6 Å². The van der Waals surface area contributed by atoms with Gasteiger partial charge in [0.1, 0.15) is 12.4 Å². The SMILES string of the molecule is Clc1ccc(COc2ccc(Br)cc2CNCCc2c[nH]c3ccccc23)cc1. The average molecular weight is 470 g/mol. The van der Waals surface area contributed by atoms with Crippen molar-refractivity contribution in [3.8, 4) is 5.75 Å². The lowest BCUT2D eigenvalue weighted by Gasteiger charge is -2.13. The molecule has 0 aliphatic carbocycles. The first-order valence-electron chi connectivity index (χ1n) is 9.60. The van der Waals surface area contributed by atoms with Gasteiger partial charge in [0.25, 0.3) is 0 Å². The van der Waals surface area contributed by atoms with E-state index in [4.69, 9.17) is 16.3 Å². The number of H-pyrrole nitrogens is 1. The van der Waals surface area contributed by atoms with Crippen molar-refractivity contribution in [2.24, 2.45) is 0 Å². The summed E-state index contributed by atoms with van der Waals surface area (Å²) in [6, 6.07) is 22.3. The summed E-state index contributed by atoms with van der Waals surface area (Å²) in [7, 11) is 0. The molecule has 5 heteroatoms. The Morgan fingerprint density at radius 1 is 0.966 bits per heavy atom. The molecule has 0 atom stereocenters. The smallest absolute Gasteiger partial charge is 0.124 e. The van der Waals surface area contributed by atoms with Crippen LogP contribution in [0.15, 0.2) is 77.4 Å². The maximum Gasteiger partial charge on any atom is 0.124 e. The van der Waals surface area contributed by atoms with E-state index in [-0.39, 0.29) is 0 Å². The second-order valence-electron chi connectivity index (χ2n) is 6.95. The molecule has 0 fully saturated rings. The van der Waals surface area contributed by atoms with E-state index in [0.29, 0.717) is 6.61 Å². The number of ether oxygens (including phenoxy) is 1. The summed E-state index contributed by atoms with van der Waals surface area (Å²) < 4.78 is 7.12. The molecule has 3 aromatic carbocycles. The molecule has 4 aromatic rings. The van der Waals surface area contributed by atoms with E-state index in [1.54, 1.807) is 0 Å². The number of fused-ring (bicyclic) bond motifs is 1. The normalized spacial score (nSPS) is 11.1. The van der Waals surface area contributed by atoms with Crippen LogP contribution < -0.4 is 10.1 Å². The zero-order valence-corrected chi connectivity index (χ0v) is 18.3. The first-order valence-corrected chi connectivity index (χ1v) is 10.8. The molecule has 3 nitrogen and oxygen atoms in total. The predicted molar refractivity (Wildman–Crippen MR) is 124 cm³/mol. The number of nitrogens with one attached hydrogen (secondary N) is 2. The first-order chi connectivity index (χ1) is 14.2. The van der Waals surface area contributed by atoms with Crippen molar-refractivity contribution in [1.29, 1.82) is 0 Å². The van der Waals surface area contributed by atoms with Crippen LogP contribution in [0.25, 0.3) is 10.9 Å². The number of aromatic amines is 1. The molecule has 0 saturated carbocycles. The number of hydrogen-bond donors (Lipinski definition) is 2. The third-order valence-electron chi connectivity index (χ3n) is 4.89. The summed E-state index contributed by atoms with van der Waals surface area (Å²) in [5.41, 5.74) is 4.75. The number of aromatic nitrogens is 1. The molecule has 0 radical (unpaired) electrons. The fourth-order valence-corrected chi connectivity index (χ4v) is 3.89. The highest BCUT2D eigenvalue weighted by molar-refractivity contribution is 9.10. The topological polar surface area (TPSA) is 37.0 Å². The monoisotopic (exact) mass is 468 g/mol. The first kappa shape index (κ1) is 20.0. The predicted octanol–water partition coefficient (Wildman–Crippen LogP) is 6.50. The van der Waals surface area contributed by atoms with Crippen molar-refractivity contribution >= 4 is 38.4 Å². The number of halogens is 2. The van der Waals surface area contributed by atoms with Crippen molar-refractivity contribution in [3.05, 3.63) is 99.1 Å². The maximum absolute atomic E-state index is 6.07. The number of hydrogen-bond acceptors (Lipinski definition) is 2. The molecule has 1 heterocycles. The molecule has 0 aliphatic heterocycles. The van der Waals surface area contributed by atoms with Gasteiger partial charge in [-0.2, -0.15) is 0 Å². The minimum absolute atomic E-state index is 0.515. The fraction of sp³-hybridized carbons (Fsp3) is 0.167. The van der Waals surface area contributed by atoms with Crippen LogP contribution >= 0.6 is 27.5 Å². The average Bonchev–Trinajstić information content (AvgIpc) is 3.15. The molecule has 0 saturated heterocycles. The van der Waals surface area contributed by atoms with Crippen molar-refractivity contribution in [3.63, 3.8) is 0 Å². The Morgan fingerprint density at radius 2 is 1.79 bits per heavy atom. The summed E-state index contributed by atoms with van der Waals surface area (Å²) >= 11 is 9.52. The molecule has 148 valence electrons. The van der Waals surface area contributed by atoms with Gasteiger partial charge in [0.2, 0.25) is 0 Å². The summed E-state index contributed by atoms with van der Waals surface area (Å²) in [5, 5.41) is 5.57. The Kier molecular flexibility index (Phi) is 6.55. The van der Waals surface area contributed by atoms with Gasteiger partial charge in [-0.3, -0.25) is 0 Å². The van der Waals surface area contributed by atoms with Gasteiger partial charge < -0.3 is 15.0 Å². The van der Waals surface area contributed by atoms with Crippen LogP contribution in [0, 0.1) is 0 Å². The summed E-state index contributed by atoms with van der Waals surface area (Å²) in [6.07, 6.45) is 3.07. The Labute approximate surface area is 184 Å². The largest absolute Gasteiger partial charge is 0.489 e. The lowest BCUT2D eigenvalue weighted by molar-refractivity contribution is 0.302. The minimum Gasteiger partial charge on any atom is -0.489 e. The number of benzene rings is 3. The van der Waals surface area contributed by atoms with Crippen LogP contribution in [0.3, 0.4) is 0 Å². The molecule has 2 N–H and O–H groups in total. The van der Waals surface area contributed by atoms with E-state index in [1.807, 2.05) is 36.4 Å². The molecule has 29 heavy (non-hydrogen) atoms. The van der Waals surface area contributed by atoms with Crippen molar-refractivity contribution in [2.45, 2.75) is 19.6 Å². The summed E-state index contributed by atoms with van der Waals surface area (Å²) in [4.78, 5) is 3.34. The molecule has 0 unspecified atom stereocenters. The lowest BCUT2D eigenvalue weighted by Crippen LogP contribution is -2.17. The van der Waals surface area contributed by atoms with E-state index >= 15 is 0 Å². The van der Waals surface area contributed by atoms with Gasteiger partial charge in [-0.25, -0.2) is 0 Å². The number of para-hydroxylation sites is 1. The molecular formula is C24H22BrClN2O. The highest BCUT2D eigenvalue weighted by atomic mass is 79.9. The van der Waals surface area contributed by atoms with Crippen molar-refractivity contribution in [1.82, 2.24) is 10.3 Å². The lowest BCUT2D eigenvalue weighted by atomic mass is 10.1. The molecule has 4 rings (SSSR count). The minimum atomic E-state index is 0.515. The zero-order chi connectivity index (χ0) is 20.1. The second-order valence-corrected chi connectivity index (χ2v) is 8.31. The third kappa shape index (κ3) is 5.21. The van der Waals surface area contributed by atoms with Crippen LogP contribution in [0.5, 0.6) is 5.75 Å². The maximum atomic E-state index is 6.07. The molecule has 0 bridgehead atoms. The van der Waals surface area contributed by atoms with Crippen LogP contribution in [0.2, 0.25) is 5.02 Å². The third-order valence-corrected chi connectivity index (χ3v) is 5.64. The van der Waals surface area contributed by atoms with Gasteiger partial charge in [-0.15, -0.1) is 0 Å². The highest BCUT2D eigenvalue weighted by Crippen LogP contribution is 2.24. The van der Waals surface area contributed by atoms with Crippen LogP contribution in [0.4, 0.5) is 0 Å². The summed E-state index contributed by atoms with van der Waals surface area (Å²) in [6.45, 7) is 2.16. The van der Waals surface area contributed by atoms with Crippen LogP contribution in [-0.4, -0.2) is 11.5 Å². The Hall–Kier alpha value is -2.27. The molecule has 0 spiro atoms. The van der Waals surface area contributed by atoms with E-state index in [0.717, 1.165) is 45.9 Å². The van der Waals surface area contributed by atoms with Gasteiger partial charge in [-0.05, 0) is 60.5 Å². The Bertz CT molecular complexity index is 1090. The highest BCUT2D eigenvalue weighted by Gasteiger charge is 2.07. The van der Waals surface area contributed by atoms with Gasteiger partial charge in [0.15, 0.2) is 0 Å². The molecule has 1 aromatic heterocycles. The van der Waals surface area contributed by atoms with E-state index in [9.17, 15) is 0 Å². The van der Waals surface area contributed by atoms with E-state index in [1.165, 1.54) is 16.5 Å². The van der Waals surface area contributed by atoms with E-state index in [2.05, 4.69) is 62.8 Å². The van der Waals surface area contributed by atoms with Gasteiger partial charge in [0, 0.05) is 38.7 Å². The Morgan fingerprint density at radius 3 is 2.66 bits per heavy atom. The number of rotatable bonds is 8. The second kappa shape index (κ2) is 9.49. The van der Waals surface area contributed by atoms with Crippen molar-refractivity contribution in [2.75, 3.05) is 6.54 Å². The van der Waals surface area contributed by atoms with Crippen LogP contribution in [0.1, 0.15) is 16.7 Å². The fourth-order valence-electron chi connectivity index (χ4n) is 3.35. The van der Waals surface area contributed by atoms with Gasteiger partial charge in [-0.1, -0.05) is 57.9 Å².